The molecule has 1 heterocycles. The molecule has 4 rings (SSSR count). The van der Waals surface area contributed by atoms with Gasteiger partial charge in [0, 0.05) is 9.58 Å². The Morgan fingerprint density at radius 3 is 2.33 bits per heavy atom. The molecule has 0 saturated carbocycles. The average Bonchev–Trinajstić information content (AvgIpc) is 2.99. The first kappa shape index (κ1) is 15.4. The Morgan fingerprint density at radius 2 is 1.50 bits per heavy atom. The summed E-state index contributed by atoms with van der Waals surface area (Å²) in [5.41, 5.74) is 3.01. The molecule has 0 atom stereocenters. The van der Waals surface area contributed by atoms with Crippen LogP contribution in [0.5, 0.6) is 0 Å². The maximum atomic E-state index is 2.34. The van der Waals surface area contributed by atoms with Crippen LogP contribution in [-0.2, 0) is 19.3 Å². The first-order chi connectivity index (χ1) is 11.9. The third-order valence-electron chi connectivity index (χ3n) is 4.75. The molecule has 0 fully saturated rings. The molecule has 0 spiro atoms. The van der Waals surface area contributed by atoms with Crippen molar-refractivity contribution >= 4 is 32.2 Å². The number of fused-ring (bicyclic) bond motifs is 3. The Labute approximate surface area is 147 Å². The van der Waals surface area contributed by atoms with Crippen molar-refractivity contribution in [3.8, 4) is 0 Å². The summed E-state index contributed by atoms with van der Waals surface area (Å²) < 4.78 is 1.47. The van der Waals surface area contributed by atoms with Crippen molar-refractivity contribution in [3.05, 3.63) is 82.7 Å². The Morgan fingerprint density at radius 1 is 0.708 bits per heavy atom. The van der Waals surface area contributed by atoms with E-state index >= 15 is 0 Å². The first-order valence-electron chi connectivity index (χ1n) is 8.82. The molecule has 24 heavy (non-hydrogen) atoms. The first-order valence-corrected chi connectivity index (χ1v) is 9.64. The third-order valence-corrected chi connectivity index (χ3v) is 6.09. The fourth-order valence-corrected chi connectivity index (χ4v) is 5.03. The molecule has 0 unspecified atom stereocenters. The van der Waals surface area contributed by atoms with Crippen molar-refractivity contribution in [1.29, 1.82) is 0 Å². The Balaban J connectivity index is 1.80. The Hall–Kier alpha value is -2.12. The number of hydrogen-bond donors (Lipinski definition) is 0. The number of rotatable bonds is 5. The maximum absolute atomic E-state index is 2.34. The number of thiophene rings is 1. The van der Waals surface area contributed by atoms with Crippen LogP contribution in [-0.4, -0.2) is 0 Å². The van der Waals surface area contributed by atoms with E-state index in [0.717, 1.165) is 12.8 Å². The van der Waals surface area contributed by atoms with Gasteiger partial charge in [-0.05, 0) is 46.5 Å². The molecule has 0 saturated heterocycles. The van der Waals surface area contributed by atoms with Crippen LogP contribution in [0.2, 0.25) is 0 Å². The van der Waals surface area contributed by atoms with E-state index in [2.05, 4.69) is 73.7 Å². The zero-order valence-corrected chi connectivity index (χ0v) is 14.9. The van der Waals surface area contributed by atoms with Crippen LogP contribution in [0, 0.1) is 0 Å². The lowest BCUT2D eigenvalue weighted by atomic mass is 9.98. The summed E-state index contributed by atoms with van der Waals surface area (Å²) in [6.07, 6.45) is 4.66. The molecule has 0 aliphatic carbocycles. The van der Waals surface area contributed by atoms with E-state index in [1.54, 1.807) is 10.4 Å². The van der Waals surface area contributed by atoms with E-state index < -0.39 is 0 Å². The highest BCUT2D eigenvalue weighted by Gasteiger charge is 2.13. The Bertz CT molecular complexity index is 963. The summed E-state index contributed by atoms with van der Waals surface area (Å²) >= 11 is 2.01. The zero-order chi connectivity index (χ0) is 16.4. The van der Waals surface area contributed by atoms with Crippen molar-refractivity contribution in [2.45, 2.75) is 32.6 Å². The van der Waals surface area contributed by atoms with Gasteiger partial charge < -0.3 is 0 Å². The molecule has 0 radical (unpaired) electrons. The molecule has 0 bridgehead atoms. The van der Waals surface area contributed by atoms with Gasteiger partial charge in [-0.3, -0.25) is 0 Å². The van der Waals surface area contributed by atoms with Gasteiger partial charge in [-0.1, -0.05) is 80.1 Å². The monoisotopic (exact) mass is 330 g/mol. The molecule has 0 aliphatic rings. The van der Waals surface area contributed by atoms with E-state index in [-0.39, 0.29) is 0 Å². The van der Waals surface area contributed by atoms with Crippen LogP contribution in [0.3, 0.4) is 0 Å². The van der Waals surface area contributed by atoms with Crippen molar-refractivity contribution in [2.75, 3.05) is 0 Å². The number of benzene rings is 3. The van der Waals surface area contributed by atoms with Gasteiger partial charge in [-0.25, -0.2) is 0 Å². The number of hydrogen-bond acceptors (Lipinski definition) is 1. The van der Waals surface area contributed by atoms with Gasteiger partial charge in [0.15, 0.2) is 0 Å². The lowest BCUT2D eigenvalue weighted by molar-refractivity contribution is 0.899. The highest BCUT2D eigenvalue weighted by atomic mass is 32.1. The predicted molar refractivity (Wildman–Crippen MR) is 107 cm³/mol. The molecule has 1 aromatic heterocycles. The fraction of sp³-hybridized carbons (Fsp3) is 0.217. The molecular formula is C23H22S. The summed E-state index contributed by atoms with van der Waals surface area (Å²) in [5, 5.41) is 4.23. The van der Waals surface area contributed by atoms with E-state index in [9.17, 15) is 0 Å². The quantitative estimate of drug-likeness (QED) is 0.378. The second kappa shape index (κ2) is 6.78. The molecule has 0 amide bonds. The smallest absolute Gasteiger partial charge is 0.0426 e. The highest BCUT2D eigenvalue weighted by molar-refractivity contribution is 7.20. The van der Waals surface area contributed by atoms with Crippen LogP contribution >= 0.6 is 11.3 Å². The third kappa shape index (κ3) is 2.85. The SMILES string of the molecule is CCCc1sc2c(ccc3ccccc32)c1CCc1ccccc1. The van der Waals surface area contributed by atoms with Crippen LogP contribution < -0.4 is 0 Å². The van der Waals surface area contributed by atoms with E-state index in [1.165, 1.54) is 39.3 Å². The lowest BCUT2D eigenvalue weighted by Gasteiger charge is -2.05. The molecule has 0 nitrogen and oxygen atoms in total. The predicted octanol–water partition coefficient (Wildman–Crippen LogP) is 6.79. The van der Waals surface area contributed by atoms with Gasteiger partial charge in [0.1, 0.15) is 0 Å². The average molecular weight is 330 g/mol. The number of aryl methyl sites for hydroxylation is 3. The van der Waals surface area contributed by atoms with E-state index in [4.69, 9.17) is 0 Å². The van der Waals surface area contributed by atoms with Crippen LogP contribution in [0.15, 0.2) is 66.7 Å². The minimum atomic E-state index is 1.12. The van der Waals surface area contributed by atoms with Crippen molar-refractivity contribution in [2.24, 2.45) is 0 Å². The molecule has 120 valence electrons. The normalized spacial score (nSPS) is 11.4. The molecule has 4 aromatic rings. The van der Waals surface area contributed by atoms with Gasteiger partial charge >= 0.3 is 0 Å². The molecule has 1 heteroatoms. The zero-order valence-electron chi connectivity index (χ0n) is 14.1. The highest BCUT2D eigenvalue weighted by Crippen LogP contribution is 2.37. The second-order valence-electron chi connectivity index (χ2n) is 6.40. The van der Waals surface area contributed by atoms with Crippen LogP contribution in [0.25, 0.3) is 20.9 Å². The molecule has 3 aromatic carbocycles. The summed E-state index contributed by atoms with van der Waals surface area (Å²) in [6.45, 7) is 2.28. The van der Waals surface area contributed by atoms with Gasteiger partial charge in [0.2, 0.25) is 0 Å². The van der Waals surface area contributed by atoms with Crippen LogP contribution in [0.4, 0.5) is 0 Å². The summed E-state index contributed by atoms with van der Waals surface area (Å²) in [7, 11) is 0. The lowest BCUT2D eigenvalue weighted by Crippen LogP contribution is -1.94. The second-order valence-corrected chi connectivity index (χ2v) is 7.51. The van der Waals surface area contributed by atoms with E-state index in [1.807, 2.05) is 11.3 Å². The van der Waals surface area contributed by atoms with Gasteiger partial charge in [-0.15, -0.1) is 11.3 Å². The molecule has 0 aliphatic heterocycles. The van der Waals surface area contributed by atoms with Crippen molar-refractivity contribution in [3.63, 3.8) is 0 Å². The van der Waals surface area contributed by atoms with Gasteiger partial charge in [0.25, 0.3) is 0 Å². The maximum Gasteiger partial charge on any atom is 0.0426 e. The Kier molecular flexibility index (Phi) is 4.36. The minimum Gasteiger partial charge on any atom is -0.139 e. The van der Waals surface area contributed by atoms with Crippen LogP contribution in [0.1, 0.15) is 29.3 Å². The topological polar surface area (TPSA) is 0 Å². The summed E-state index contributed by atoms with van der Waals surface area (Å²) in [6, 6.07) is 24.3. The largest absolute Gasteiger partial charge is 0.139 e. The summed E-state index contributed by atoms with van der Waals surface area (Å²) in [5.74, 6) is 0. The van der Waals surface area contributed by atoms with E-state index in [0.29, 0.717) is 0 Å². The van der Waals surface area contributed by atoms with Gasteiger partial charge in [0.05, 0.1) is 0 Å². The fourth-order valence-electron chi connectivity index (χ4n) is 3.54. The molecule has 0 N–H and O–H groups in total. The molecular weight excluding hydrogens is 308 g/mol. The standard InChI is InChI=1S/C23H22S/c1-2-8-22-20(15-13-17-9-4-3-5-10-17)21-16-14-18-11-6-7-12-19(18)23(21)24-22/h3-7,9-12,14,16H,2,8,13,15H2,1H3. The van der Waals surface area contributed by atoms with Crippen molar-refractivity contribution < 1.29 is 0 Å². The minimum absolute atomic E-state index is 1.12. The van der Waals surface area contributed by atoms with Crippen molar-refractivity contribution in [1.82, 2.24) is 0 Å². The summed E-state index contributed by atoms with van der Waals surface area (Å²) in [4.78, 5) is 1.58. The van der Waals surface area contributed by atoms with Gasteiger partial charge in [-0.2, -0.15) is 0 Å².